The second-order valence-electron chi connectivity index (χ2n) is 6.59. The van der Waals surface area contributed by atoms with Gasteiger partial charge in [0.05, 0.1) is 0 Å². The Bertz CT molecular complexity index is 800. The standard InChI is InChI=1S/C19H23F2N5O.ClH/c1-2-22-17-9-10-23-19(26-17)25-14-6-4-13(5-7-14)24-18(27)12-3-8-15(20)16(21)11-12;/h3,8-11,13-14H,2,4-7H2,1H3,(H,24,27)(H2,22,23,25,26);1H/t13-,14+;. The molecule has 1 fully saturated rings. The maximum absolute atomic E-state index is 13.3. The highest BCUT2D eigenvalue weighted by Crippen LogP contribution is 2.22. The third-order valence-corrected chi connectivity index (χ3v) is 4.59. The fourth-order valence-corrected chi connectivity index (χ4v) is 3.18. The Morgan fingerprint density at radius 2 is 1.82 bits per heavy atom. The number of hydrogen-bond acceptors (Lipinski definition) is 5. The van der Waals surface area contributed by atoms with Crippen molar-refractivity contribution in [3.8, 4) is 0 Å². The van der Waals surface area contributed by atoms with E-state index < -0.39 is 11.6 Å². The van der Waals surface area contributed by atoms with Crippen LogP contribution >= 0.6 is 12.4 Å². The summed E-state index contributed by atoms with van der Waals surface area (Å²) in [4.78, 5) is 20.9. The van der Waals surface area contributed by atoms with E-state index in [1.54, 1.807) is 6.20 Å². The highest BCUT2D eigenvalue weighted by molar-refractivity contribution is 5.94. The predicted molar refractivity (Wildman–Crippen MR) is 107 cm³/mol. The number of halogens is 3. The van der Waals surface area contributed by atoms with E-state index in [1.807, 2.05) is 13.0 Å². The van der Waals surface area contributed by atoms with E-state index in [0.29, 0.717) is 5.95 Å². The first-order valence-electron chi connectivity index (χ1n) is 9.14. The molecule has 0 aliphatic heterocycles. The van der Waals surface area contributed by atoms with Gasteiger partial charge in [-0.05, 0) is 56.9 Å². The van der Waals surface area contributed by atoms with Gasteiger partial charge in [0.25, 0.3) is 5.91 Å². The zero-order valence-electron chi connectivity index (χ0n) is 15.5. The van der Waals surface area contributed by atoms with Crippen molar-refractivity contribution >= 4 is 30.1 Å². The highest BCUT2D eigenvalue weighted by atomic mass is 35.5. The van der Waals surface area contributed by atoms with E-state index in [4.69, 9.17) is 0 Å². The Balaban J connectivity index is 0.00000280. The first kappa shape index (κ1) is 21.8. The number of anilines is 2. The van der Waals surface area contributed by atoms with Gasteiger partial charge < -0.3 is 16.0 Å². The topological polar surface area (TPSA) is 78.9 Å². The van der Waals surface area contributed by atoms with Crippen molar-refractivity contribution in [3.63, 3.8) is 0 Å². The lowest BCUT2D eigenvalue weighted by Crippen LogP contribution is -2.40. The Labute approximate surface area is 169 Å². The normalized spacial score (nSPS) is 18.7. The molecule has 2 aromatic rings. The molecule has 0 bridgehead atoms. The smallest absolute Gasteiger partial charge is 0.251 e. The minimum absolute atomic E-state index is 0. The second-order valence-corrected chi connectivity index (χ2v) is 6.59. The quantitative estimate of drug-likeness (QED) is 0.674. The summed E-state index contributed by atoms with van der Waals surface area (Å²) in [6, 6.07) is 5.24. The van der Waals surface area contributed by atoms with Crippen LogP contribution in [-0.2, 0) is 0 Å². The van der Waals surface area contributed by atoms with Crippen molar-refractivity contribution in [2.75, 3.05) is 17.2 Å². The van der Waals surface area contributed by atoms with Crippen molar-refractivity contribution in [1.29, 1.82) is 0 Å². The van der Waals surface area contributed by atoms with Gasteiger partial charge in [0.15, 0.2) is 11.6 Å². The van der Waals surface area contributed by atoms with Crippen LogP contribution in [0.2, 0.25) is 0 Å². The zero-order valence-corrected chi connectivity index (χ0v) is 16.4. The number of aromatic nitrogens is 2. The highest BCUT2D eigenvalue weighted by Gasteiger charge is 2.23. The van der Waals surface area contributed by atoms with Crippen LogP contribution in [0.4, 0.5) is 20.5 Å². The molecule has 3 rings (SSSR count). The van der Waals surface area contributed by atoms with Crippen LogP contribution < -0.4 is 16.0 Å². The van der Waals surface area contributed by atoms with Crippen LogP contribution in [0.15, 0.2) is 30.5 Å². The number of nitrogens with one attached hydrogen (secondary N) is 3. The van der Waals surface area contributed by atoms with Gasteiger partial charge in [0, 0.05) is 30.4 Å². The third kappa shape index (κ3) is 5.76. The molecule has 152 valence electrons. The van der Waals surface area contributed by atoms with Gasteiger partial charge in [-0.1, -0.05) is 0 Å². The minimum atomic E-state index is -1.02. The lowest BCUT2D eigenvalue weighted by atomic mass is 9.91. The molecular weight excluding hydrogens is 388 g/mol. The Hall–Kier alpha value is -2.48. The number of benzene rings is 1. The summed E-state index contributed by atoms with van der Waals surface area (Å²) in [6.45, 7) is 2.80. The average Bonchev–Trinajstić information content (AvgIpc) is 2.66. The van der Waals surface area contributed by atoms with Crippen LogP contribution in [0.25, 0.3) is 0 Å². The van der Waals surface area contributed by atoms with E-state index in [0.717, 1.165) is 50.2 Å². The van der Waals surface area contributed by atoms with Crippen molar-refractivity contribution < 1.29 is 13.6 Å². The molecule has 1 heterocycles. The van der Waals surface area contributed by atoms with Crippen molar-refractivity contribution in [2.24, 2.45) is 0 Å². The SMILES string of the molecule is CCNc1ccnc(N[C@H]2CC[C@@H](NC(=O)c3ccc(F)c(F)c3)CC2)n1.Cl. The van der Waals surface area contributed by atoms with Crippen molar-refractivity contribution in [1.82, 2.24) is 15.3 Å². The van der Waals surface area contributed by atoms with Crippen LogP contribution in [0.3, 0.4) is 0 Å². The summed E-state index contributed by atoms with van der Waals surface area (Å²) in [5.74, 6) is -0.994. The molecular formula is C19H24ClF2N5O. The van der Waals surface area contributed by atoms with Gasteiger partial charge in [0.2, 0.25) is 5.95 Å². The van der Waals surface area contributed by atoms with E-state index in [-0.39, 0.29) is 36.0 Å². The molecule has 0 radical (unpaired) electrons. The summed E-state index contributed by atoms with van der Waals surface area (Å²) in [5.41, 5.74) is 0.128. The Morgan fingerprint density at radius 3 is 2.50 bits per heavy atom. The molecule has 9 heteroatoms. The van der Waals surface area contributed by atoms with Gasteiger partial charge >= 0.3 is 0 Å². The van der Waals surface area contributed by atoms with Crippen LogP contribution in [-0.4, -0.2) is 34.5 Å². The first-order valence-corrected chi connectivity index (χ1v) is 9.14. The number of carbonyl (C=O) groups is 1. The monoisotopic (exact) mass is 411 g/mol. The molecule has 1 aliphatic carbocycles. The number of hydrogen-bond donors (Lipinski definition) is 3. The molecule has 1 saturated carbocycles. The Morgan fingerprint density at radius 1 is 1.11 bits per heavy atom. The fraction of sp³-hybridized carbons (Fsp3) is 0.421. The molecule has 0 atom stereocenters. The third-order valence-electron chi connectivity index (χ3n) is 4.59. The molecule has 28 heavy (non-hydrogen) atoms. The minimum Gasteiger partial charge on any atom is -0.370 e. The molecule has 1 amide bonds. The number of amides is 1. The van der Waals surface area contributed by atoms with Crippen LogP contribution in [0, 0.1) is 11.6 Å². The van der Waals surface area contributed by atoms with Crippen molar-refractivity contribution in [2.45, 2.75) is 44.7 Å². The van der Waals surface area contributed by atoms with Crippen molar-refractivity contribution in [3.05, 3.63) is 47.7 Å². The van der Waals surface area contributed by atoms with Crippen LogP contribution in [0.1, 0.15) is 43.0 Å². The predicted octanol–water partition coefficient (Wildman–Crippen LogP) is 3.76. The molecule has 0 spiro atoms. The van der Waals surface area contributed by atoms with Gasteiger partial charge in [0.1, 0.15) is 5.82 Å². The lowest BCUT2D eigenvalue weighted by molar-refractivity contribution is 0.0926. The van der Waals surface area contributed by atoms with E-state index in [2.05, 4.69) is 25.9 Å². The summed E-state index contributed by atoms with van der Waals surface area (Å²) in [7, 11) is 0. The first-order chi connectivity index (χ1) is 13.0. The maximum atomic E-state index is 13.3. The van der Waals surface area contributed by atoms with E-state index >= 15 is 0 Å². The zero-order chi connectivity index (χ0) is 19.2. The molecule has 1 aliphatic rings. The summed E-state index contributed by atoms with van der Waals surface area (Å²) in [6.07, 6.45) is 5.01. The van der Waals surface area contributed by atoms with Crippen LogP contribution in [0.5, 0.6) is 0 Å². The van der Waals surface area contributed by atoms with E-state index in [9.17, 15) is 13.6 Å². The van der Waals surface area contributed by atoms with Gasteiger partial charge in [-0.25, -0.2) is 13.8 Å². The summed E-state index contributed by atoms with van der Waals surface area (Å²) >= 11 is 0. The number of rotatable bonds is 6. The number of nitrogens with zero attached hydrogens (tertiary/aromatic N) is 2. The fourth-order valence-electron chi connectivity index (χ4n) is 3.18. The molecule has 0 saturated heterocycles. The molecule has 0 unspecified atom stereocenters. The van der Waals surface area contributed by atoms with Gasteiger partial charge in [-0.2, -0.15) is 4.98 Å². The maximum Gasteiger partial charge on any atom is 0.251 e. The molecule has 6 nitrogen and oxygen atoms in total. The molecule has 1 aromatic heterocycles. The summed E-state index contributed by atoms with van der Waals surface area (Å²) in [5, 5.41) is 9.38. The number of carbonyl (C=O) groups excluding carboxylic acids is 1. The van der Waals surface area contributed by atoms with E-state index in [1.165, 1.54) is 6.07 Å². The Kier molecular flexibility index (Phi) is 7.92. The summed E-state index contributed by atoms with van der Waals surface area (Å²) < 4.78 is 26.3. The second kappa shape index (κ2) is 10.2. The largest absolute Gasteiger partial charge is 0.370 e. The molecule has 3 N–H and O–H groups in total. The molecule has 1 aromatic carbocycles. The average molecular weight is 412 g/mol. The van der Waals surface area contributed by atoms with Gasteiger partial charge in [-0.3, -0.25) is 4.79 Å². The van der Waals surface area contributed by atoms with Gasteiger partial charge in [-0.15, -0.1) is 12.4 Å². The lowest BCUT2D eigenvalue weighted by Gasteiger charge is -2.29.